The summed E-state index contributed by atoms with van der Waals surface area (Å²) < 4.78 is 25.1. The summed E-state index contributed by atoms with van der Waals surface area (Å²) in [5.74, 6) is 0.650. The van der Waals surface area contributed by atoms with Crippen molar-refractivity contribution in [2.24, 2.45) is 5.14 Å². The fourth-order valence-electron chi connectivity index (χ4n) is 2.65. The van der Waals surface area contributed by atoms with Crippen LogP contribution in [0.1, 0.15) is 5.56 Å². The van der Waals surface area contributed by atoms with Crippen molar-refractivity contribution in [2.45, 2.75) is 11.3 Å². The number of rotatable bonds is 6. The van der Waals surface area contributed by atoms with Crippen molar-refractivity contribution in [3.63, 3.8) is 0 Å². The molecule has 4 aromatic rings. The molecule has 0 spiro atoms. The Morgan fingerprint density at radius 3 is 2.54 bits per heavy atom. The molecule has 0 radical (unpaired) electrons. The molecule has 0 aliphatic carbocycles. The first-order valence-electron chi connectivity index (χ1n) is 8.34. The second-order valence-corrected chi connectivity index (χ2v) is 8.61. The quantitative estimate of drug-likeness (QED) is 0.435. The van der Waals surface area contributed by atoms with E-state index in [2.05, 4.69) is 20.4 Å². The number of benzene rings is 2. The first kappa shape index (κ1) is 18.3. The summed E-state index contributed by atoms with van der Waals surface area (Å²) in [6.07, 6.45) is 0.653. The highest BCUT2D eigenvalue weighted by Gasteiger charge is 2.13. The maximum atomic E-state index is 11.3. The van der Waals surface area contributed by atoms with Gasteiger partial charge in [0.05, 0.1) is 15.1 Å². The number of sulfonamides is 1. The number of para-hydroxylation sites is 1. The predicted molar refractivity (Wildman–Crippen MR) is 109 cm³/mol. The molecular formula is C17H17N7O2S2. The highest BCUT2D eigenvalue weighted by molar-refractivity contribution is 7.89. The number of hydrogen-bond acceptors (Lipinski definition) is 8. The summed E-state index contributed by atoms with van der Waals surface area (Å²) in [6, 6.07) is 14.2. The van der Waals surface area contributed by atoms with Crippen molar-refractivity contribution < 1.29 is 8.42 Å². The standard InChI is InChI=1S/C17H17N7O2S2/c18-15-22-16(20-10-9-11-5-7-12(8-6-11)28(19,25)26)23-24(15)17-21-13-3-1-2-4-14(13)27-17/h1-8H,9-10H2,(H2,19,25,26)(H3,18,20,22,23). The number of primary sulfonamides is 1. The van der Waals surface area contributed by atoms with Gasteiger partial charge in [-0.25, -0.2) is 18.5 Å². The van der Waals surface area contributed by atoms with Crippen LogP contribution >= 0.6 is 11.3 Å². The van der Waals surface area contributed by atoms with Crippen LogP contribution in [-0.4, -0.2) is 34.7 Å². The van der Waals surface area contributed by atoms with Gasteiger partial charge in [-0.3, -0.25) is 0 Å². The van der Waals surface area contributed by atoms with Crippen LogP contribution in [0.25, 0.3) is 15.3 Å². The minimum absolute atomic E-state index is 0.0910. The Kier molecular flexibility index (Phi) is 4.71. The molecule has 4 rings (SSSR count). The number of fused-ring (bicyclic) bond motifs is 1. The maximum absolute atomic E-state index is 11.3. The number of anilines is 2. The monoisotopic (exact) mass is 415 g/mol. The Bertz CT molecular complexity index is 1200. The molecule has 0 unspecified atom stereocenters. The Morgan fingerprint density at radius 2 is 1.82 bits per heavy atom. The molecule has 0 amide bonds. The average Bonchev–Trinajstić information content (AvgIpc) is 3.24. The van der Waals surface area contributed by atoms with Crippen LogP contribution in [0.15, 0.2) is 53.4 Å². The van der Waals surface area contributed by atoms with Gasteiger partial charge in [0.2, 0.25) is 27.1 Å². The number of aromatic nitrogens is 4. The van der Waals surface area contributed by atoms with Crippen LogP contribution in [0.4, 0.5) is 11.9 Å². The molecule has 0 saturated carbocycles. The summed E-state index contributed by atoms with van der Waals surface area (Å²) in [5, 5.41) is 13.2. The molecule has 0 aliphatic rings. The zero-order valence-corrected chi connectivity index (χ0v) is 16.2. The number of nitrogens with zero attached hydrogens (tertiary/aromatic N) is 4. The van der Waals surface area contributed by atoms with E-state index in [1.807, 2.05) is 24.3 Å². The van der Waals surface area contributed by atoms with Crippen LogP contribution in [-0.2, 0) is 16.4 Å². The minimum Gasteiger partial charge on any atom is -0.368 e. The molecule has 0 atom stereocenters. The molecule has 0 bridgehead atoms. The van der Waals surface area contributed by atoms with Crippen molar-refractivity contribution >= 4 is 43.5 Å². The van der Waals surface area contributed by atoms with Crippen molar-refractivity contribution in [1.82, 2.24) is 19.7 Å². The van der Waals surface area contributed by atoms with E-state index < -0.39 is 10.0 Å². The van der Waals surface area contributed by atoms with Crippen LogP contribution in [0.3, 0.4) is 0 Å². The molecule has 2 heterocycles. The topological polar surface area (TPSA) is 142 Å². The Hall–Kier alpha value is -3.02. The SMILES string of the molecule is Nc1nc(NCCc2ccc(S(N)(=O)=O)cc2)nn1-c1nc2ccccc2s1. The zero-order chi connectivity index (χ0) is 19.7. The van der Waals surface area contributed by atoms with Crippen LogP contribution in [0.2, 0.25) is 0 Å². The number of hydrogen-bond donors (Lipinski definition) is 3. The lowest BCUT2D eigenvalue weighted by Gasteiger charge is -2.03. The number of thiazole rings is 1. The summed E-state index contributed by atoms with van der Waals surface area (Å²) in [7, 11) is -3.68. The van der Waals surface area contributed by atoms with E-state index in [1.165, 1.54) is 28.2 Å². The largest absolute Gasteiger partial charge is 0.368 e. The summed E-state index contributed by atoms with van der Waals surface area (Å²) >= 11 is 1.48. The van der Waals surface area contributed by atoms with E-state index in [0.29, 0.717) is 24.0 Å². The third-order valence-corrected chi connectivity index (χ3v) is 5.99. The molecule has 2 aromatic carbocycles. The molecule has 144 valence electrons. The molecule has 0 aliphatic heterocycles. The van der Waals surface area contributed by atoms with Crippen LogP contribution in [0, 0.1) is 0 Å². The van der Waals surface area contributed by atoms with Gasteiger partial charge in [0.15, 0.2) is 0 Å². The first-order valence-corrected chi connectivity index (χ1v) is 10.7. The minimum atomic E-state index is -3.68. The van der Waals surface area contributed by atoms with Crippen molar-refractivity contribution in [2.75, 3.05) is 17.6 Å². The van der Waals surface area contributed by atoms with E-state index in [1.54, 1.807) is 12.1 Å². The summed E-state index contributed by atoms with van der Waals surface area (Å²) in [6.45, 7) is 0.554. The number of nitrogens with one attached hydrogen (secondary N) is 1. The fourth-order valence-corrected chi connectivity index (χ4v) is 4.10. The molecule has 0 saturated heterocycles. The summed E-state index contributed by atoms with van der Waals surface area (Å²) in [4.78, 5) is 8.84. The van der Waals surface area contributed by atoms with Crippen molar-refractivity contribution in [3.8, 4) is 5.13 Å². The normalized spacial score (nSPS) is 11.8. The average molecular weight is 416 g/mol. The van der Waals surface area contributed by atoms with Crippen molar-refractivity contribution in [3.05, 3.63) is 54.1 Å². The third kappa shape index (κ3) is 3.81. The highest BCUT2D eigenvalue weighted by Crippen LogP contribution is 2.25. The second kappa shape index (κ2) is 7.19. The van der Waals surface area contributed by atoms with Gasteiger partial charge in [0.1, 0.15) is 0 Å². The number of nitrogens with two attached hydrogens (primary N) is 2. The van der Waals surface area contributed by atoms with E-state index in [4.69, 9.17) is 10.9 Å². The molecule has 0 fully saturated rings. The second-order valence-electron chi connectivity index (χ2n) is 6.04. The van der Waals surface area contributed by atoms with Gasteiger partial charge >= 0.3 is 0 Å². The third-order valence-electron chi connectivity index (χ3n) is 4.04. The van der Waals surface area contributed by atoms with E-state index >= 15 is 0 Å². The lowest BCUT2D eigenvalue weighted by molar-refractivity contribution is 0.598. The lowest BCUT2D eigenvalue weighted by Crippen LogP contribution is -2.12. The molecule has 2 aromatic heterocycles. The molecular weight excluding hydrogens is 398 g/mol. The highest BCUT2D eigenvalue weighted by atomic mass is 32.2. The van der Waals surface area contributed by atoms with Crippen molar-refractivity contribution in [1.29, 1.82) is 0 Å². The predicted octanol–water partition coefficient (Wildman–Crippen LogP) is 1.76. The van der Waals surface area contributed by atoms with Gasteiger partial charge in [-0.2, -0.15) is 9.67 Å². The zero-order valence-electron chi connectivity index (χ0n) is 14.6. The molecule has 9 nitrogen and oxygen atoms in total. The van der Waals surface area contributed by atoms with E-state index in [0.717, 1.165) is 15.8 Å². The van der Waals surface area contributed by atoms with Gasteiger partial charge in [-0.05, 0) is 36.2 Å². The first-order chi connectivity index (χ1) is 13.4. The number of nitrogen functional groups attached to an aromatic ring is 1. The Labute approximate surface area is 165 Å². The molecule has 11 heteroatoms. The van der Waals surface area contributed by atoms with E-state index in [9.17, 15) is 8.42 Å². The molecule has 5 N–H and O–H groups in total. The van der Waals surface area contributed by atoms with Crippen LogP contribution in [0.5, 0.6) is 0 Å². The molecule has 28 heavy (non-hydrogen) atoms. The Morgan fingerprint density at radius 1 is 1.07 bits per heavy atom. The van der Waals surface area contributed by atoms with Gasteiger partial charge in [0, 0.05) is 6.54 Å². The van der Waals surface area contributed by atoms with E-state index in [-0.39, 0.29) is 10.8 Å². The Balaban J connectivity index is 1.43. The summed E-state index contributed by atoms with van der Waals surface area (Å²) in [5.41, 5.74) is 7.82. The van der Waals surface area contributed by atoms with Gasteiger partial charge < -0.3 is 11.1 Å². The smallest absolute Gasteiger partial charge is 0.244 e. The fraction of sp³-hybridized carbons (Fsp3) is 0.118. The maximum Gasteiger partial charge on any atom is 0.244 e. The van der Waals surface area contributed by atoms with Gasteiger partial charge in [-0.1, -0.05) is 35.6 Å². The van der Waals surface area contributed by atoms with Gasteiger partial charge in [0.25, 0.3) is 0 Å². The lowest BCUT2D eigenvalue weighted by atomic mass is 10.1. The van der Waals surface area contributed by atoms with Gasteiger partial charge in [-0.15, -0.1) is 5.10 Å². The van der Waals surface area contributed by atoms with Crippen LogP contribution < -0.4 is 16.2 Å².